The molecule has 0 fully saturated rings. The Morgan fingerprint density at radius 3 is 2.48 bits per heavy atom. The fourth-order valence-electron chi connectivity index (χ4n) is 2.13. The molecule has 0 saturated carbocycles. The normalized spacial score (nSPS) is 11.4. The van der Waals surface area contributed by atoms with Gasteiger partial charge in [0.05, 0.1) is 13.2 Å². The van der Waals surface area contributed by atoms with Crippen molar-refractivity contribution in [2.24, 2.45) is 5.73 Å². The quantitative estimate of drug-likeness (QED) is 0.445. The van der Waals surface area contributed by atoms with Crippen LogP contribution in [0.15, 0.2) is 53.4 Å². The maximum absolute atomic E-state index is 11.7. The lowest BCUT2D eigenvalue weighted by molar-refractivity contribution is -0.123. The van der Waals surface area contributed by atoms with Gasteiger partial charge in [-0.25, -0.2) is 0 Å². The Bertz CT molecular complexity index is 684. The number of carbonyl (C=O) groups is 1. The van der Waals surface area contributed by atoms with Crippen LogP contribution in [0.3, 0.4) is 0 Å². The van der Waals surface area contributed by atoms with E-state index in [1.54, 1.807) is 11.8 Å². The monoisotopic (exact) mass is 430 g/mol. The molecule has 0 aromatic heterocycles. The molecule has 0 aliphatic rings. The molecular formula is C19H24Cl2N2O3S. The first kappa shape index (κ1) is 23.6. The summed E-state index contributed by atoms with van der Waals surface area (Å²) in [6.45, 7) is 1.23. The summed E-state index contributed by atoms with van der Waals surface area (Å²) in [4.78, 5) is 12.9. The fourth-order valence-corrected chi connectivity index (χ4v) is 2.99. The number of carbonyl (C=O) groups excluding carboxylic acids is 1. The Kier molecular flexibility index (Phi) is 11.2. The second-order valence-corrected chi connectivity index (χ2v) is 7.18. The first-order valence-electron chi connectivity index (χ1n) is 8.21. The predicted molar refractivity (Wildman–Crippen MR) is 113 cm³/mol. The van der Waals surface area contributed by atoms with Crippen LogP contribution in [0.25, 0.3) is 0 Å². The molecule has 0 bridgehead atoms. The average molecular weight is 431 g/mol. The third-order valence-electron chi connectivity index (χ3n) is 3.51. The fraction of sp³-hybridized carbons (Fsp3) is 0.316. The lowest BCUT2D eigenvalue weighted by Gasteiger charge is -2.11. The van der Waals surface area contributed by atoms with E-state index < -0.39 is 6.04 Å². The molecule has 0 aliphatic heterocycles. The minimum Gasteiger partial charge on any atom is -0.493 e. The van der Waals surface area contributed by atoms with E-state index in [9.17, 15) is 4.79 Å². The summed E-state index contributed by atoms with van der Waals surface area (Å²) < 4.78 is 10.6. The number of nitrogens with two attached hydrogens (primary N) is 1. The molecule has 0 saturated heterocycles. The number of rotatable bonds is 10. The highest BCUT2D eigenvalue weighted by Crippen LogP contribution is 2.20. The minimum absolute atomic E-state index is 0. The number of benzene rings is 2. The van der Waals surface area contributed by atoms with E-state index >= 15 is 0 Å². The number of methoxy groups -OCH3 is 1. The van der Waals surface area contributed by atoms with Crippen LogP contribution >= 0.6 is 35.8 Å². The molecule has 2 aromatic rings. The molecule has 3 N–H and O–H groups in total. The molecule has 0 radical (unpaired) electrons. The maximum Gasteiger partial charge on any atom is 0.239 e. The zero-order chi connectivity index (χ0) is 18.8. The van der Waals surface area contributed by atoms with Crippen LogP contribution in [0.4, 0.5) is 0 Å². The third-order valence-corrected chi connectivity index (χ3v) is 4.74. The lowest BCUT2D eigenvalue weighted by atomic mass is 10.2. The molecule has 27 heavy (non-hydrogen) atoms. The highest BCUT2D eigenvalue weighted by molar-refractivity contribution is 7.99. The summed E-state index contributed by atoms with van der Waals surface area (Å²) in [6.07, 6.45) is 0. The summed E-state index contributed by atoms with van der Waals surface area (Å²) in [6, 6.07) is 14.7. The van der Waals surface area contributed by atoms with Crippen molar-refractivity contribution in [2.75, 3.05) is 26.1 Å². The Labute approximate surface area is 175 Å². The Hall–Kier alpha value is -1.44. The largest absolute Gasteiger partial charge is 0.493 e. The van der Waals surface area contributed by atoms with E-state index in [-0.39, 0.29) is 24.9 Å². The number of halogens is 2. The number of amides is 1. The van der Waals surface area contributed by atoms with Crippen molar-refractivity contribution in [1.82, 2.24) is 5.32 Å². The molecule has 148 valence electrons. The number of hydrogen-bond acceptors (Lipinski definition) is 5. The van der Waals surface area contributed by atoms with Crippen molar-refractivity contribution >= 4 is 41.7 Å². The van der Waals surface area contributed by atoms with Gasteiger partial charge in [0.1, 0.15) is 11.8 Å². The zero-order valence-corrected chi connectivity index (χ0v) is 17.4. The second kappa shape index (κ2) is 12.9. The van der Waals surface area contributed by atoms with Gasteiger partial charge in [0.2, 0.25) is 5.91 Å². The summed E-state index contributed by atoms with van der Waals surface area (Å²) in [5.41, 5.74) is 6.65. The summed E-state index contributed by atoms with van der Waals surface area (Å²) >= 11 is 7.58. The van der Waals surface area contributed by atoms with Gasteiger partial charge in [0, 0.05) is 29.3 Å². The van der Waals surface area contributed by atoms with Crippen molar-refractivity contribution in [3.63, 3.8) is 0 Å². The van der Waals surface area contributed by atoms with Crippen LogP contribution in [-0.2, 0) is 16.1 Å². The summed E-state index contributed by atoms with van der Waals surface area (Å²) in [7, 11) is 1.51. The molecule has 0 aliphatic carbocycles. The number of nitrogens with one attached hydrogen (secondary N) is 1. The van der Waals surface area contributed by atoms with E-state index in [2.05, 4.69) is 5.32 Å². The number of hydrogen-bond donors (Lipinski definition) is 2. The van der Waals surface area contributed by atoms with Crippen LogP contribution in [0.1, 0.15) is 5.56 Å². The minimum atomic E-state index is -0.652. The van der Waals surface area contributed by atoms with Crippen molar-refractivity contribution in [1.29, 1.82) is 0 Å². The van der Waals surface area contributed by atoms with E-state index in [0.29, 0.717) is 13.2 Å². The van der Waals surface area contributed by atoms with Crippen molar-refractivity contribution in [2.45, 2.75) is 17.5 Å². The molecule has 5 nitrogen and oxygen atoms in total. The second-order valence-electron chi connectivity index (χ2n) is 5.57. The number of thioether (sulfide) groups is 1. The standard InChI is InChI=1S/C19H23ClN2O3S.ClH/c1-24-13-18(21)19(23)22-12-14-2-6-16(7-3-14)25-10-11-26-17-8-4-15(20)5-9-17;/h2-9,18H,10-13,21H2,1H3,(H,22,23);1H. The smallest absolute Gasteiger partial charge is 0.239 e. The maximum atomic E-state index is 11.7. The van der Waals surface area contributed by atoms with Crippen molar-refractivity contribution in [3.05, 3.63) is 59.1 Å². The Morgan fingerprint density at radius 2 is 1.85 bits per heavy atom. The lowest BCUT2D eigenvalue weighted by Crippen LogP contribution is -2.43. The van der Waals surface area contributed by atoms with Gasteiger partial charge >= 0.3 is 0 Å². The molecule has 0 heterocycles. The van der Waals surface area contributed by atoms with E-state index in [4.69, 9.17) is 26.8 Å². The van der Waals surface area contributed by atoms with Gasteiger partial charge in [-0.05, 0) is 42.0 Å². The molecule has 1 unspecified atom stereocenters. The van der Waals surface area contributed by atoms with Gasteiger partial charge in [-0.3, -0.25) is 4.79 Å². The number of ether oxygens (including phenoxy) is 2. The van der Waals surface area contributed by atoms with Gasteiger partial charge in [0.15, 0.2) is 0 Å². The molecule has 2 aromatic carbocycles. The highest BCUT2D eigenvalue weighted by atomic mass is 35.5. The molecule has 8 heteroatoms. The van der Waals surface area contributed by atoms with Crippen LogP contribution in [0.2, 0.25) is 5.02 Å². The van der Waals surface area contributed by atoms with Gasteiger partial charge < -0.3 is 20.5 Å². The summed E-state index contributed by atoms with van der Waals surface area (Å²) in [5.74, 6) is 1.41. The highest BCUT2D eigenvalue weighted by Gasteiger charge is 2.12. The van der Waals surface area contributed by atoms with Crippen LogP contribution in [0.5, 0.6) is 5.75 Å². The Morgan fingerprint density at radius 1 is 1.19 bits per heavy atom. The first-order chi connectivity index (χ1) is 12.6. The molecule has 0 spiro atoms. The third kappa shape index (κ3) is 8.86. The molecule has 1 atom stereocenters. The van der Waals surface area contributed by atoms with Gasteiger partial charge in [-0.1, -0.05) is 23.7 Å². The SMILES string of the molecule is COCC(N)C(=O)NCc1ccc(OCCSc2ccc(Cl)cc2)cc1.Cl. The van der Waals surface area contributed by atoms with Crippen molar-refractivity contribution < 1.29 is 14.3 Å². The summed E-state index contributed by atoms with van der Waals surface area (Å²) in [5, 5.41) is 3.52. The molecule has 2 rings (SSSR count). The van der Waals surface area contributed by atoms with Gasteiger partial charge in [-0.15, -0.1) is 24.2 Å². The molecular weight excluding hydrogens is 407 g/mol. The van der Waals surface area contributed by atoms with E-state index in [0.717, 1.165) is 27.0 Å². The zero-order valence-electron chi connectivity index (χ0n) is 15.0. The Balaban J connectivity index is 0.00000364. The van der Waals surface area contributed by atoms with Crippen LogP contribution < -0.4 is 15.8 Å². The average Bonchev–Trinajstić information content (AvgIpc) is 2.66. The van der Waals surface area contributed by atoms with E-state index in [1.165, 1.54) is 7.11 Å². The van der Waals surface area contributed by atoms with Crippen molar-refractivity contribution in [3.8, 4) is 5.75 Å². The van der Waals surface area contributed by atoms with E-state index in [1.807, 2.05) is 48.5 Å². The topological polar surface area (TPSA) is 73.6 Å². The van der Waals surface area contributed by atoms with Gasteiger partial charge in [0.25, 0.3) is 0 Å². The van der Waals surface area contributed by atoms with Gasteiger partial charge in [-0.2, -0.15) is 0 Å². The van der Waals surface area contributed by atoms with Crippen LogP contribution in [-0.4, -0.2) is 38.0 Å². The predicted octanol–water partition coefficient (Wildman–Crippen LogP) is 3.52. The first-order valence-corrected chi connectivity index (χ1v) is 9.57. The molecule has 1 amide bonds. The van der Waals surface area contributed by atoms with Crippen LogP contribution in [0, 0.1) is 0 Å².